The van der Waals surface area contributed by atoms with E-state index in [1.807, 2.05) is 18.2 Å². The molecule has 5 rings (SSSR count). The molecule has 5 aromatic rings. The molecular formula is C27H20ClN5O4. The zero-order valence-electron chi connectivity index (χ0n) is 19.5. The Morgan fingerprint density at radius 2 is 1.54 bits per heavy atom. The van der Waals surface area contributed by atoms with Crippen molar-refractivity contribution in [2.75, 3.05) is 17.7 Å². The second-order valence-corrected chi connectivity index (χ2v) is 8.46. The van der Waals surface area contributed by atoms with Gasteiger partial charge in [-0.25, -0.2) is 19.3 Å². The van der Waals surface area contributed by atoms with Crippen LogP contribution in [0.25, 0.3) is 27.8 Å². The number of halogens is 1. The molecule has 37 heavy (non-hydrogen) atoms. The van der Waals surface area contributed by atoms with Crippen LogP contribution >= 0.6 is 11.6 Å². The maximum atomic E-state index is 13.4. The van der Waals surface area contributed by atoms with Crippen LogP contribution in [0.5, 0.6) is 0 Å². The molecule has 184 valence electrons. The van der Waals surface area contributed by atoms with Crippen molar-refractivity contribution in [2.45, 2.75) is 0 Å². The number of anilines is 2. The first-order valence-corrected chi connectivity index (χ1v) is 11.5. The average Bonchev–Trinajstić information content (AvgIpc) is 3.26. The Bertz CT molecular complexity index is 1660. The molecule has 0 fully saturated rings. The van der Waals surface area contributed by atoms with E-state index in [-0.39, 0.29) is 16.9 Å². The zero-order chi connectivity index (χ0) is 25.9. The highest BCUT2D eigenvalue weighted by atomic mass is 35.5. The van der Waals surface area contributed by atoms with Crippen molar-refractivity contribution in [3.8, 4) is 16.8 Å². The van der Waals surface area contributed by atoms with Gasteiger partial charge in [-0.3, -0.25) is 9.89 Å². The van der Waals surface area contributed by atoms with Crippen LogP contribution in [-0.4, -0.2) is 33.9 Å². The summed E-state index contributed by atoms with van der Waals surface area (Å²) in [4.78, 5) is 42.4. The van der Waals surface area contributed by atoms with Crippen molar-refractivity contribution < 1.29 is 14.3 Å². The highest BCUT2D eigenvalue weighted by Gasteiger charge is 2.19. The topological polar surface area (TPSA) is 118 Å². The predicted octanol–water partition coefficient (Wildman–Crippen LogP) is 5.46. The first kappa shape index (κ1) is 23.8. The van der Waals surface area contributed by atoms with Crippen LogP contribution in [0.15, 0.2) is 89.7 Å². The number of carbonyl (C=O) groups is 2. The monoisotopic (exact) mass is 513 g/mol. The SMILES string of the molecule is COC(=O)c1cc(-c2ccc(NC(=O)Nc3ccc(Cl)cc3)cc2)c2c(=O)n(-c3ccccc3)[nH]c2n1. The molecule has 0 saturated heterocycles. The number of amides is 2. The van der Waals surface area contributed by atoms with Gasteiger partial charge in [-0.1, -0.05) is 41.9 Å². The Morgan fingerprint density at radius 1 is 0.919 bits per heavy atom. The molecule has 9 nitrogen and oxygen atoms in total. The number of carbonyl (C=O) groups excluding carboxylic acids is 2. The zero-order valence-corrected chi connectivity index (χ0v) is 20.2. The lowest BCUT2D eigenvalue weighted by molar-refractivity contribution is 0.0594. The molecular weight excluding hydrogens is 494 g/mol. The van der Waals surface area contributed by atoms with E-state index < -0.39 is 12.0 Å². The van der Waals surface area contributed by atoms with E-state index in [1.54, 1.807) is 60.7 Å². The number of hydrogen-bond donors (Lipinski definition) is 3. The number of ether oxygens (including phenoxy) is 1. The van der Waals surface area contributed by atoms with E-state index in [0.717, 1.165) is 0 Å². The number of nitrogens with zero attached hydrogens (tertiary/aromatic N) is 2. The third-order valence-corrected chi connectivity index (χ3v) is 5.87. The summed E-state index contributed by atoms with van der Waals surface area (Å²) >= 11 is 5.88. The van der Waals surface area contributed by atoms with Gasteiger partial charge >= 0.3 is 12.0 Å². The van der Waals surface area contributed by atoms with Gasteiger partial charge in [0.25, 0.3) is 5.56 Å². The van der Waals surface area contributed by atoms with Crippen molar-refractivity contribution >= 4 is 46.0 Å². The van der Waals surface area contributed by atoms with Gasteiger partial charge in [-0.05, 0) is 60.2 Å². The molecule has 0 aliphatic carbocycles. The fourth-order valence-corrected chi connectivity index (χ4v) is 3.99. The molecule has 3 aromatic carbocycles. The number of hydrogen-bond acceptors (Lipinski definition) is 5. The molecule has 0 spiro atoms. The normalized spacial score (nSPS) is 10.8. The summed E-state index contributed by atoms with van der Waals surface area (Å²) in [7, 11) is 1.27. The Labute approximate surface area is 215 Å². The van der Waals surface area contributed by atoms with Crippen molar-refractivity contribution in [3.05, 3.63) is 106 Å². The molecule has 0 atom stereocenters. The second kappa shape index (κ2) is 10.00. The summed E-state index contributed by atoms with van der Waals surface area (Å²) in [5, 5.41) is 9.35. The number of urea groups is 1. The van der Waals surface area contributed by atoms with Crippen molar-refractivity contribution in [1.82, 2.24) is 14.8 Å². The van der Waals surface area contributed by atoms with Gasteiger partial charge in [-0.2, -0.15) is 0 Å². The minimum Gasteiger partial charge on any atom is -0.464 e. The summed E-state index contributed by atoms with van der Waals surface area (Å²) < 4.78 is 6.23. The van der Waals surface area contributed by atoms with Gasteiger partial charge in [0, 0.05) is 22.0 Å². The Balaban J connectivity index is 1.49. The molecule has 0 aliphatic rings. The largest absolute Gasteiger partial charge is 0.464 e. The van der Waals surface area contributed by atoms with Crippen molar-refractivity contribution in [1.29, 1.82) is 0 Å². The molecule has 3 N–H and O–H groups in total. The van der Waals surface area contributed by atoms with Crippen LogP contribution in [0, 0.1) is 0 Å². The summed E-state index contributed by atoms with van der Waals surface area (Å²) in [5.41, 5.74) is 2.88. The number of aromatic nitrogens is 3. The predicted molar refractivity (Wildman–Crippen MR) is 143 cm³/mol. The number of methoxy groups -OCH3 is 1. The number of aromatic amines is 1. The molecule has 0 saturated carbocycles. The van der Waals surface area contributed by atoms with Crippen LogP contribution in [0.3, 0.4) is 0 Å². The maximum Gasteiger partial charge on any atom is 0.356 e. The number of nitrogens with one attached hydrogen (secondary N) is 3. The molecule has 2 amide bonds. The number of fused-ring (bicyclic) bond motifs is 1. The van der Waals surface area contributed by atoms with Crippen LogP contribution in [0.2, 0.25) is 5.02 Å². The highest BCUT2D eigenvalue weighted by Crippen LogP contribution is 2.28. The van der Waals surface area contributed by atoms with E-state index in [1.165, 1.54) is 17.9 Å². The minimum absolute atomic E-state index is 0.0519. The molecule has 10 heteroatoms. The molecule has 0 unspecified atom stereocenters. The van der Waals surface area contributed by atoms with Crippen LogP contribution < -0.4 is 16.2 Å². The van der Waals surface area contributed by atoms with E-state index in [4.69, 9.17) is 16.3 Å². The minimum atomic E-state index is -0.631. The summed E-state index contributed by atoms with van der Waals surface area (Å²) in [6.07, 6.45) is 0. The first-order chi connectivity index (χ1) is 17.9. The first-order valence-electron chi connectivity index (χ1n) is 11.2. The smallest absolute Gasteiger partial charge is 0.356 e. The maximum absolute atomic E-state index is 13.4. The quantitative estimate of drug-likeness (QED) is 0.269. The van der Waals surface area contributed by atoms with E-state index in [0.29, 0.717) is 38.6 Å². The molecule has 0 aliphatic heterocycles. The number of esters is 1. The fourth-order valence-electron chi connectivity index (χ4n) is 3.87. The molecule has 2 heterocycles. The average molecular weight is 514 g/mol. The standard InChI is InChI=1S/C27H20ClN5O4/c1-37-26(35)22-15-21(23-24(31-22)32-33(25(23)34)20-5-3-2-4-6-20)16-7-11-18(12-8-16)29-27(36)30-19-13-9-17(28)10-14-19/h2-15H,1H3,(H,31,32)(H2,29,30,36). The number of H-pyrrole nitrogens is 1. The Hall–Kier alpha value is -4.89. The Kier molecular flexibility index (Phi) is 6.44. The number of para-hydroxylation sites is 1. The Morgan fingerprint density at radius 3 is 2.16 bits per heavy atom. The van der Waals surface area contributed by atoms with Crippen molar-refractivity contribution in [2.24, 2.45) is 0 Å². The fraction of sp³-hybridized carbons (Fsp3) is 0.0370. The number of benzene rings is 3. The number of rotatable bonds is 5. The summed E-state index contributed by atoms with van der Waals surface area (Å²) in [5.74, 6) is -0.631. The lowest BCUT2D eigenvalue weighted by atomic mass is 10.0. The lowest BCUT2D eigenvalue weighted by Crippen LogP contribution is -2.19. The van der Waals surface area contributed by atoms with Crippen LogP contribution in [-0.2, 0) is 4.74 Å². The van der Waals surface area contributed by atoms with Gasteiger partial charge < -0.3 is 15.4 Å². The third-order valence-electron chi connectivity index (χ3n) is 5.62. The van der Waals surface area contributed by atoms with E-state index in [9.17, 15) is 14.4 Å². The van der Waals surface area contributed by atoms with Crippen molar-refractivity contribution in [3.63, 3.8) is 0 Å². The summed E-state index contributed by atoms with van der Waals surface area (Å²) in [6, 6.07) is 23.8. The van der Waals surface area contributed by atoms with Gasteiger partial charge in [0.1, 0.15) is 0 Å². The van der Waals surface area contributed by atoms with E-state index in [2.05, 4.69) is 20.7 Å². The third kappa shape index (κ3) is 4.93. The van der Waals surface area contributed by atoms with E-state index >= 15 is 0 Å². The molecule has 0 bridgehead atoms. The highest BCUT2D eigenvalue weighted by molar-refractivity contribution is 6.30. The molecule has 2 aromatic heterocycles. The van der Waals surface area contributed by atoms with Gasteiger partial charge in [0.15, 0.2) is 11.3 Å². The number of pyridine rings is 1. The van der Waals surface area contributed by atoms with Crippen LogP contribution in [0.1, 0.15) is 10.5 Å². The summed E-state index contributed by atoms with van der Waals surface area (Å²) in [6.45, 7) is 0. The lowest BCUT2D eigenvalue weighted by Gasteiger charge is -2.09. The van der Waals surface area contributed by atoms with Gasteiger partial charge in [0.05, 0.1) is 18.2 Å². The van der Waals surface area contributed by atoms with Gasteiger partial charge in [0.2, 0.25) is 0 Å². The van der Waals surface area contributed by atoms with Crippen LogP contribution in [0.4, 0.5) is 16.2 Å². The van der Waals surface area contributed by atoms with Gasteiger partial charge in [-0.15, -0.1) is 0 Å². The second-order valence-electron chi connectivity index (χ2n) is 8.02. The molecule has 0 radical (unpaired) electrons.